The fourth-order valence-corrected chi connectivity index (χ4v) is 15.8. The summed E-state index contributed by atoms with van der Waals surface area (Å²) in [5.41, 5.74) is 18.4. The van der Waals surface area contributed by atoms with Crippen LogP contribution in [0.1, 0.15) is 0 Å². The summed E-state index contributed by atoms with van der Waals surface area (Å²) in [6.45, 7) is 4.99. The highest BCUT2D eigenvalue weighted by Crippen LogP contribution is 2.44. The maximum absolute atomic E-state index is 2.50. The summed E-state index contributed by atoms with van der Waals surface area (Å²) in [4.78, 5) is 4.86. The van der Waals surface area contributed by atoms with Gasteiger partial charge in [-0.15, -0.1) is 0 Å². The molecule has 14 aromatic carbocycles. The van der Waals surface area contributed by atoms with Gasteiger partial charge < -0.3 is 18.9 Å². The predicted molar refractivity (Wildman–Crippen MR) is 374 cm³/mol. The number of benzene rings is 14. The molecule has 0 bridgehead atoms. The third-order valence-corrected chi connectivity index (χ3v) is 21.4. The lowest BCUT2D eigenvalue weighted by molar-refractivity contribution is 1.18. The smallest absolute Gasteiger partial charge is 0.112 e. The highest BCUT2D eigenvalue weighted by atomic mass is 28.3. The Balaban J connectivity index is 0.756. The molecule has 16 aromatic rings. The quantitative estimate of drug-likeness (QED) is 0.113. The second-order valence-electron chi connectivity index (χ2n) is 23.4. The number of rotatable bonds is 12. The minimum absolute atomic E-state index is 1.10. The van der Waals surface area contributed by atoms with Crippen molar-refractivity contribution in [3.8, 4) is 33.6 Å². The molecular formula is C82H60N4Si. The molecule has 0 saturated carbocycles. The maximum atomic E-state index is 2.50. The summed E-state index contributed by atoms with van der Waals surface area (Å²) in [7, 11) is -2.29. The van der Waals surface area contributed by atoms with Gasteiger partial charge in [0.25, 0.3) is 0 Å². The molecule has 2 aromatic heterocycles. The second-order valence-corrected chi connectivity index (χ2v) is 27.8. The lowest BCUT2D eigenvalue weighted by Gasteiger charge is -2.27. The Labute approximate surface area is 508 Å². The molecule has 412 valence electrons. The average Bonchev–Trinajstić information content (AvgIpc) is 1.90. The van der Waals surface area contributed by atoms with Crippen molar-refractivity contribution < 1.29 is 0 Å². The molecule has 4 nitrogen and oxygen atoms in total. The molecule has 0 aliphatic rings. The fourth-order valence-electron chi connectivity index (χ4n) is 13.4. The summed E-state index contributed by atoms with van der Waals surface area (Å²) in [6.07, 6.45) is 0. The average molecular weight is 1130 g/mol. The second kappa shape index (κ2) is 21.3. The SMILES string of the molecule is C[Si](C)(c1cccc(-c2cccc(N(c3ccc4ccccc4c3)c3ccc4c(c3)c3ccccc3n4-c3ccccc3)c2)c1)c1cccc(-c2cccc(N(c3ccc4ccccc4c3)c3ccc4c(c3)c3ccccc3n4-c3ccccc3)c2)c1. The zero-order valence-electron chi connectivity index (χ0n) is 48.5. The monoisotopic (exact) mass is 1130 g/mol. The van der Waals surface area contributed by atoms with E-state index < -0.39 is 8.07 Å². The summed E-state index contributed by atoms with van der Waals surface area (Å²) in [5.74, 6) is 0. The van der Waals surface area contributed by atoms with E-state index in [1.165, 1.54) is 97.8 Å². The Bertz CT molecular complexity index is 4960. The predicted octanol–water partition coefficient (Wildman–Crippen LogP) is 21.3. The topological polar surface area (TPSA) is 16.3 Å². The van der Waals surface area contributed by atoms with Crippen LogP contribution in [-0.4, -0.2) is 17.2 Å². The van der Waals surface area contributed by atoms with Gasteiger partial charge in [0.05, 0.1) is 22.1 Å². The van der Waals surface area contributed by atoms with Crippen molar-refractivity contribution in [3.05, 3.63) is 328 Å². The largest absolute Gasteiger partial charge is 0.310 e. The van der Waals surface area contributed by atoms with E-state index in [2.05, 4.69) is 360 Å². The molecule has 0 fully saturated rings. The van der Waals surface area contributed by atoms with E-state index in [4.69, 9.17) is 0 Å². The summed E-state index contributed by atoms with van der Waals surface area (Å²) < 4.78 is 4.77. The Morgan fingerprint density at radius 3 is 1.01 bits per heavy atom. The van der Waals surface area contributed by atoms with Gasteiger partial charge in [0, 0.05) is 67.0 Å². The van der Waals surface area contributed by atoms with Crippen molar-refractivity contribution in [2.24, 2.45) is 0 Å². The lowest BCUT2D eigenvalue weighted by Crippen LogP contribution is -2.52. The van der Waals surface area contributed by atoms with Gasteiger partial charge in [-0.1, -0.05) is 230 Å². The van der Waals surface area contributed by atoms with Crippen molar-refractivity contribution in [1.29, 1.82) is 0 Å². The van der Waals surface area contributed by atoms with Crippen molar-refractivity contribution in [1.82, 2.24) is 9.13 Å². The van der Waals surface area contributed by atoms with Gasteiger partial charge in [-0.05, 0) is 165 Å². The van der Waals surface area contributed by atoms with Gasteiger partial charge in [0.1, 0.15) is 8.07 Å². The zero-order valence-corrected chi connectivity index (χ0v) is 49.5. The number of fused-ring (bicyclic) bond motifs is 8. The molecule has 0 amide bonds. The molecule has 0 spiro atoms. The van der Waals surface area contributed by atoms with Gasteiger partial charge in [-0.2, -0.15) is 0 Å². The highest BCUT2D eigenvalue weighted by molar-refractivity contribution is 7.00. The van der Waals surface area contributed by atoms with Gasteiger partial charge in [0.2, 0.25) is 0 Å². The minimum atomic E-state index is -2.29. The molecule has 0 N–H and O–H groups in total. The van der Waals surface area contributed by atoms with Crippen molar-refractivity contribution in [3.63, 3.8) is 0 Å². The molecule has 2 heterocycles. The zero-order chi connectivity index (χ0) is 58.0. The van der Waals surface area contributed by atoms with Gasteiger partial charge in [0.15, 0.2) is 0 Å². The molecule has 0 aliphatic heterocycles. The lowest BCUT2D eigenvalue weighted by atomic mass is 10.0. The molecule has 5 heteroatoms. The molecule has 16 rings (SSSR count). The van der Waals surface area contributed by atoms with Crippen LogP contribution < -0.4 is 20.2 Å². The van der Waals surface area contributed by atoms with Crippen LogP contribution in [0.15, 0.2) is 328 Å². The normalized spacial score (nSPS) is 11.8. The molecule has 0 atom stereocenters. The van der Waals surface area contributed by atoms with Crippen LogP contribution in [0.4, 0.5) is 34.1 Å². The number of hydrogen-bond donors (Lipinski definition) is 0. The first-order valence-corrected chi connectivity index (χ1v) is 33.1. The maximum Gasteiger partial charge on any atom is 0.112 e. The molecular weight excluding hydrogens is 1070 g/mol. The van der Waals surface area contributed by atoms with Crippen molar-refractivity contribution >= 4 is 118 Å². The first kappa shape index (κ1) is 51.6. The van der Waals surface area contributed by atoms with E-state index in [0.717, 1.165) is 45.5 Å². The van der Waals surface area contributed by atoms with E-state index in [-0.39, 0.29) is 0 Å². The minimum Gasteiger partial charge on any atom is -0.310 e. The Morgan fingerprint density at radius 1 is 0.230 bits per heavy atom. The van der Waals surface area contributed by atoms with Gasteiger partial charge in [-0.25, -0.2) is 0 Å². The van der Waals surface area contributed by atoms with Crippen LogP contribution in [-0.2, 0) is 0 Å². The fraction of sp³-hybridized carbons (Fsp3) is 0.0244. The Kier molecular flexibility index (Phi) is 12.6. The van der Waals surface area contributed by atoms with Gasteiger partial charge >= 0.3 is 0 Å². The van der Waals surface area contributed by atoms with Crippen LogP contribution in [0.2, 0.25) is 13.1 Å². The van der Waals surface area contributed by atoms with E-state index in [0.29, 0.717) is 0 Å². The number of hydrogen-bond acceptors (Lipinski definition) is 2. The highest BCUT2D eigenvalue weighted by Gasteiger charge is 2.28. The number of nitrogens with zero attached hydrogens (tertiary/aromatic N) is 4. The third kappa shape index (κ3) is 9.15. The summed E-state index contributed by atoms with van der Waals surface area (Å²) in [6, 6.07) is 121. The molecule has 0 aliphatic carbocycles. The number of anilines is 6. The third-order valence-electron chi connectivity index (χ3n) is 17.9. The number of aromatic nitrogens is 2. The van der Waals surface area contributed by atoms with E-state index in [1.807, 2.05) is 0 Å². The van der Waals surface area contributed by atoms with Gasteiger partial charge in [-0.3, -0.25) is 0 Å². The van der Waals surface area contributed by atoms with E-state index in [1.54, 1.807) is 0 Å². The first-order chi connectivity index (χ1) is 42.9. The Hall–Kier alpha value is -11.0. The molecule has 0 saturated heterocycles. The van der Waals surface area contributed by atoms with Crippen LogP contribution in [0.3, 0.4) is 0 Å². The molecule has 0 radical (unpaired) electrons. The van der Waals surface area contributed by atoms with Crippen LogP contribution in [0.5, 0.6) is 0 Å². The molecule has 0 unspecified atom stereocenters. The number of para-hydroxylation sites is 4. The Morgan fingerprint density at radius 2 is 0.563 bits per heavy atom. The summed E-state index contributed by atoms with van der Waals surface area (Å²) >= 11 is 0. The van der Waals surface area contributed by atoms with E-state index >= 15 is 0 Å². The van der Waals surface area contributed by atoms with E-state index in [9.17, 15) is 0 Å². The van der Waals surface area contributed by atoms with Crippen molar-refractivity contribution in [2.45, 2.75) is 13.1 Å². The van der Waals surface area contributed by atoms with Crippen LogP contribution >= 0.6 is 0 Å². The van der Waals surface area contributed by atoms with Crippen molar-refractivity contribution in [2.75, 3.05) is 9.80 Å². The summed E-state index contributed by atoms with van der Waals surface area (Å²) in [5, 5.41) is 12.5. The first-order valence-electron chi connectivity index (χ1n) is 30.1. The molecule has 87 heavy (non-hydrogen) atoms. The van der Waals surface area contributed by atoms with Crippen LogP contribution in [0.25, 0.3) is 98.8 Å². The standard InChI is InChI=1S/C82H60N4Si/c1-87(2,73-35-19-27-63(53-73)61-25-17-33-67(51-61)83(69-43-41-57-21-9-11-23-59(57)49-69)71-45-47-81-77(55-71)75-37-13-15-39-79(75)85(81)65-29-5-3-6-30-65)74-36-20-28-64(54-74)62-26-18-34-68(52-62)84(70-44-42-58-22-10-12-24-60(58)50-70)72-46-48-82-78(56-72)76-38-14-16-40-80(76)86(82)66-31-7-4-8-32-66/h3-56H,1-2H3. The van der Waals surface area contributed by atoms with Crippen LogP contribution in [0, 0.1) is 0 Å².